The molecular formula is C21H17F4NO2S. The Bertz CT molecular complexity index is 1070. The van der Waals surface area contributed by atoms with E-state index >= 15 is 0 Å². The summed E-state index contributed by atoms with van der Waals surface area (Å²) in [4.78, 5) is 0.231. The van der Waals surface area contributed by atoms with Gasteiger partial charge in [0.05, 0.1) is 0 Å². The topological polar surface area (TPSA) is 41.8 Å². The maximum absolute atomic E-state index is 14.7. The first-order valence-corrected chi connectivity index (χ1v) is 9.76. The van der Waals surface area contributed by atoms with E-state index in [1.807, 2.05) is 0 Å². The largest absolute Gasteiger partial charge is 0.457 e. The van der Waals surface area contributed by atoms with Gasteiger partial charge in [0.15, 0.2) is 6.17 Å². The van der Waals surface area contributed by atoms with Crippen molar-refractivity contribution in [1.29, 1.82) is 0 Å². The Hall–Kier alpha value is -2.63. The summed E-state index contributed by atoms with van der Waals surface area (Å²) >= 11 is 0. The van der Waals surface area contributed by atoms with Gasteiger partial charge in [0.25, 0.3) is 0 Å². The minimum absolute atomic E-state index is 0.0301. The van der Waals surface area contributed by atoms with Crippen molar-refractivity contribution in [3.8, 4) is 23.3 Å². The lowest BCUT2D eigenvalue weighted by atomic mass is 10.1. The number of ether oxygens (including phenoxy) is 1. The Kier molecular flexibility index (Phi) is 5.82. The highest BCUT2D eigenvalue weighted by Gasteiger charge is 2.58. The van der Waals surface area contributed by atoms with Gasteiger partial charge >= 0.3 is 5.92 Å². The average Bonchev–Trinajstić information content (AvgIpc) is 2.85. The Morgan fingerprint density at radius 1 is 1.28 bits per heavy atom. The highest BCUT2D eigenvalue weighted by atomic mass is 32.2. The molecule has 2 aromatic carbocycles. The molecule has 0 radical (unpaired) electrons. The van der Waals surface area contributed by atoms with Crippen molar-refractivity contribution in [2.75, 3.05) is 0 Å². The second-order valence-corrected chi connectivity index (χ2v) is 7.96. The monoisotopic (exact) mass is 423 g/mol. The van der Waals surface area contributed by atoms with Crippen molar-refractivity contribution in [2.24, 2.45) is 4.40 Å². The molecular weight excluding hydrogens is 406 g/mol. The van der Waals surface area contributed by atoms with Crippen LogP contribution in [0.4, 0.5) is 17.6 Å². The van der Waals surface area contributed by atoms with Crippen LogP contribution in [-0.2, 0) is 0 Å². The van der Waals surface area contributed by atoms with Crippen LogP contribution < -0.4 is 4.74 Å². The van der Waals surface area contributed by atoms with E-state index in [4.69, 9.17) is 4.74 Å². The van der Waals surface area contributed by atoms with Gasteiger partial charge in [-0.3, -0.25) is 0 Å². The van der Waals surface area contributed by atoms with Gasteiger partial charge < -0.3 is 9.84 Å². The summed E-state index contributed by atoms with van der Waals surface area (Å²) in [7, 11) is -1.02. The first-order valence-electron chi connectivity index (χ1n) is 8.52. The number of fused-ring (bicyclic) bond motifs is 1. The molecule has 0 saturated heterocycles. The Morgan fingerprint density at radius 3 is 2.62 bits per heavy atom. The zero-order chi connectivity index (χ0) is 21.3. The number of alkyl halides is 3. The molecule has 0 amide bonds. The van der Waals surface area contributed by atoms with E-state index in [-0.39, 0.29) is 22.0 Å². The van der Waals surface area contributed by atoms with Gasteiger partial charge in [-0.05, 0) is 60.9 Å². The predicted octanol–water partition coefficient (Wildman–Crippen LogP) is 5.75. The van der Waals surface area contributed by atoms with E-state index in [9.17, 15) is 22.7 Å². The quantitative estimate of drug-likeness (QED) is 0.295. The summed E-state index contributed by atoms with van der Waals surface area (Å²) in [5.41, 5.74) is -0.440. The number of nitrogens with zero attached hydrogens (tertiary/aromatic N) is 1. The number of hydrogen-bond acceptors (Lipinski definition) is 3. The third kappa shape index (κ3) is 3.68. The lowest BCUT2D eigenvalue weighted by molar-refractivity contribution is -0.143. The molecule has 1 aliphatic carbocycles. The van der Waals surface area contributed by atoms with Gasteiger partial charge in [-0.25, -0.2) is 13.2 Å². The number of rotatable bonds is 4. The standard InChI is InChI=1S/C21H17F4NO2S/c1-4-6-12-9-13(22)11-14(10-12)28-15-7-8-16(29(5-2)26-3)18-17(15)19(23)21(24,25)20(18)27/h5,7-11,19-20,27H,3H2,1-2H3/t19-,20+,29?/m1/s1. The van der Waals surface area contributed by atoms with Crippen LogP contribution in [0.5, 0.6) is 11.5 Å². The fourth-order valence-electron chi connectivity index (χ4n) is 3.17. The lowest BCUT2D eigenvalue weighted by Crippen LogP contribution is -2.24. The van der Waals surface area contributed by atoms with E-state index in [0.717, 1.165) is 6.07 Å². The first-order chi connectivity index (χ1) is 13.7. The van der Waals surface area contributed by atoms with Gasteiger partial charge in [0, 0.05) is 27.7 Å². The second kappa shape index (κ2) is 8.01. The summed E-state index contributed by atoms with van der Waals surface area (Å²) < 4.78 is 66.6. The number of hydrogen-bond donors (Lipinski definition) is 1. The summed E-state index contributed by atoms with van der Waals surface area (Å²) in [5, 5.41) is 11.8. The van der Waals surface area contributed by atoms with Gasteiger partial charge in [0.1, 0.15) is 23.4 Å². The zero-order valence-electron chi connectivity index (χ0n) is 15.5. The summed E-state index contributed by atoms with van der Waals surface area (Å²) in [6.07, 6.45) is -5.16. The average molecular weight is 423 g/mol. The molecule has 8 heteroatoms. The fourth-order valence-corrected chi connectivity index (χ4v) is 4.37. The smallest absolute Gasteiger partial charge is 0.312 e. The minimum atomic E-state index is -4.04. The van der Waals surface area contributed by atoms with Gasteiger partial charge in [-0.1, -0.05) is 5.92 Å². The predicted molar refractivity (Wildman–Crippen MR) is 106 cm³/mol. The van der Waals surface area contributed by atoms with E-state index in [1.54, 1.807) is 19.2 Å². The summed E-state index contributed by atoms with van der Waals surface area (Å²) in [6, 6.07) is 6.36. The van der Waals surface area contributed by atoms with Crippen molar-refractivity contribution in [2.45, 2.75) is 36.9 Å². The van der Waals surface area contributed by atoms with Crippen LogP contribution >= 0.6 is 10.7 Å². The Labute approximate surface area is 168 Å². The molecule has 1 aliphatic rings. The van der Waals surface area contributed by atoms with Crippen LogP contribution in [0.15, 0.2) is 39.6 Å². The second-order valence-electron chi connectivity index (χ2n) is 6.16. The summed E-state index contributed by atoms with van der Waals surface area (Å²) in [5.74, 6) is 0.332. The number of benzene rings is 2. The molecule has 152 valence electrons. The molecule has 0 aliphatic heterocycles. The number of halogens is 4. The van der Waals surface area contributed by atoms with Crippen LogP contribution in [0.2, 0.25) is 0 Å². The zero-order valence-corrected chi connectivity index (χ0v) is 16.4. The van der Waals surface area contributed by atoms with Crippen LogP contribution in [-0.4, -0.2) is 23.1 Å². The van der Waals surface area contributed by atoms with Gasteiger partial charge in [-0.2, -0.15) is 8.78 Å². The van der Waals surface area contributed by atoms with E-state index < -0.39 is 40.2 Å². The minimum Gasteiger partial charge on any atom is -0.457 e. The number of aliphatic hydroxyl groups excluding tert-OH is 1. The maximum atomic E-state index is 14.7. The maximum Gasteiger partial charge on any atom is 0.312 e. The molecule has 0 spiro atoms. The van der Waals surface area contributed by atoms with Gasteiger partial charge in [0.2, 0.25) is 0 Å². The molecule has 3 nitrogen and oxygen atoms in total. The van der Waals surface area contributed by atoms with Crippen molar-refractivity contribution >= 4 is 22.8 Å². The highest BCUT2D eigenvalue weighted by molar-refractivity contribution is 8.14. The Morgan fingerprint density at radius 2 is 2.00 bits per heavy atom. The van der Waals surface area contributed by atoms with Crippen molar-refractivity contribution in [1.82, 2.24) is 0 Å². The van der Waals surface area contributed by atoms with Crippen LogP contribution in [0.1, 0.15) is 42.8 Å². The molecule has 0 aromatic heterocycles. The SMILES string of the molecule is C=N/S(=C\C)c1ccc(Oc2cc(F)cc(C#CC)c2)c2c1[C@H](O)C(F)(F)[C@@H]2F. The molecule has 1 N–H and O–H groups in total. The third-order valence-corrected chi connectivity index (χ3v) is 5.92. The van der Waals surface area contributed by atoms with Crippen molar-refractivity contribution < 1.29 is 27.4 Å². The summed E-state index contributed by atoms with van der Waals surface area (Å²) in [6.45, 7) is 6.65. The molecule has 1 unspecified atom stereocenters. The molecule has 3 rings (SSSR count). The Balaban J connectivity index is 2.18. The fraction of sp³-hybridized carbons (Fsp3) is 0.238. The lowest BCUT2D eigenvalue weighted by Gasteiger charge is -2.17. The van der Waals surface area contributed by atoms with Gasteiger partial charge in [-0.15, -0.1) is 5.92 Å². The molecule has 0 heterocycles. The highest BCUT2D eigenvalue weighted by Crippen LogP contribution is 2.58. The first kappa shape index (κ1) is 21.1. The van der Waals surface area contributed by atoms with E-state index in [1.165, 1.54) is 24.3 Å². The number of aliphatic hydroxyl groups is 1. The van der Waals surface area contributed by atoms with Crippen molar-refractivity contribution in [3.05, 3.63) is 52.8 Å². The molecule has 0 saturated carbocycles. The molecule has 29 heavy (non-hydrogen) atoms. The van der Waals surface area contributed by atoms with Crippen LogP contribution in [0.25, 0.3) is 0 Å². The molecule has 0 bridgehead atoms. The van der Waals surface area contributed by atoms with E-state index in [2.05, 4.69) is 23.0 Å². The molecule has 3 atom stereocenters. The van der Waals surface area contributed by atoms with Crippen molar-refractivity contribution in [3.63, 3.8) is 0 Å². The molecule has 2 aromatic rings. The van der Waals surface area contributed by atoms with Crippen LogP contribution in [0.3, 0.4) is 0 Å². The normalized spacial score (nSPS) is 20.5. The van der Waals surface area contributed by atoms with Crippen LogP contribution in [0, 0.1) is 17.7 Å². The van der Waals surface area contributed by atoms with E-state index in [0.29, 0.717) is 5.56 Å². The molecule has 0 fully saturated rings. The third-order valence-electron chi connectivity index (χ3n) is 4.39.